The SMILES string of the molecule is O=C(CCC(=O)N1N=C(c2ccc(Cl)cc2)CC1c1ccc2nccnc2c1)NS(=O)(=O)c1ccccc1. The number of carbonyl (C=O) groups excluding carboxylic acids is 2. The van der Waals surface area contributed by atoms with Crippen molar-refractivity contribution < 1.29 is 18.0 Å². The van der Waals surface area contributed by atoms with Gasteiger partial charge in [0.05, 0.1) is 27.7 Å². The van der Waals surface area contributed by atoms with Crippen molar-refractivity contribution in [3.8, 4) is 0 Å². The quantitative estimate of drug-likeness (QED) is 0.369. The molecule has 4 aromatic rings. The van der Waals surface area contributed by atoms with Gasteiger partial charge in [-0.3, -0.25) is 19.6 Å². The third kappa shape index (κ3) is 5.56. The largest absolute Gasteiger partial charge is 0.274 e. The van der Waals surface area contributed by atoms with E-state index in [2.05, 4.69) is 15.1 Å². The summed E-state index contributed by atoms with van der Waals surface area (Å²) in [6, 6.07) is 19.9. The topological polar surface area (TPSA) is 122 Å². The Balaban J connectivity index is 1.36. The minimum absolute atomic E-state index is 0.0316. The third-order valence-electron chi connectivity index (χ3n) is 6.09. The molecule has 38 heavy (non-hydrogen) atoms. The Bertz CT molecular complexity index is 1640. The average Bonchev–Trinajstić information content (AvgIpc) is 3.38. The van der Waals surface area contributed by atoms with Crippen LogP contribution in [0.1, 0.15) is 36.4 Å². The van der Waals surface area contributed by atoms with Gasteiger partial charge in [0.25, 0.3) is 10.0 Å². The molecule has 0 bridgehead atoms. The van der Waals surface area contributed by atoms with Gasteiger partial charge in [0, 0.05) is 36.7 Å². The van der Waals surface area contributed by atoms with Crippen LogP contribution in [-0.4, -0.2) is 40.9 Å². The van der Waals surface area contributed by atoms with E-state index in [1.54, 1.807) is 42.7 Å². The zero-order chi connectivity index (χ0) is 26.7. The zero-order valence-electron chi connectivity index (χ0n) is 20.0. The first-order chi connectivity index (χ1) is 18.3. The fourth-order valence-corrected chi connectivity index (χ4v) is 5.36. The van der Waals surface area contributed by atoms with Gasteiger partial charge in [-0.1, -0.05) is 48.0 Å². The van der Waals surface area contributed by atoms with E-state index in [0.717, 1.165) is 16.6 Å². The number of nitrogens with one attached hydrogen (secondary N) is 1. The van der Waals surface area contributed by atoms with Crippen molar-refractivity contribution in [2.24, 2.45) is 5.10 Å². The van der Waals surface area contributed by atoms with Crippen LogP contribution < -0.4 is 4.72 Å². The molecule has 2 heterocycles. The van der Waals surface area contributed by atoms with Crippen LogP contribution in [0.25, 0.3) is 11.0 Å². The lowest BCUT2D eigenvalue weighted by Gasteiger charge is -2.22. The van der Waals surface area contributed by atoms with Crippen molar-refractivity contribution in [2.75, 3.05) is 0 Å². The van der Waals surface area contributed by atoms with Gasteiger partial charge in [0.2, 0.25) is 11.8 Å². The third-order valence-corrected chi connectivity index (χ3v) is 7.73. The second kappa shape index (κ2) is 10.7. The lowest BCUT2D eigenvalue weighted by molar-refractivity contribution is -0.134. The van der Waals surface area contributed by atoms with Gasteiger partial charge in [-0.05, 0) is 47.5 Å². The normalized spacial score (nSPS) is 15.3. The molecule has 11 heteroatoms. The van der Waals surface area contributed by atoms with Crippen molar-refractivity contribution in [1.82, 2.24) is 19.7 Å². The van der Waals surface area contributed by atoms with Gasteiger partial charge in [-0.25, -0.2) is 18.1 Å². The lowest BCUT2D eigenvalue weighted by Crippen LogP contribution is -2.32. The maximum atomic E-state index is 13.3. The summed E-state index contributed by atoms with van der Waals surface area (Å²) in [7, 11) is -4.02. The number of rotatable bonds is 7. The van der Waals surface area contributed by atoms with Crippen molar-refractivity contribution in [3.63, 3.8) is 0 Å². The van der Waals surface area contributed by atoms with E-state index in [9.17, 15) is 18.0 Å². The van der Waals surface area contributed by atoms with E-state index in [1.807, 2.05) is 35.1 Å². The van der Waals surface area contributed by atoms with Gasteiger partial charge >= 0.3 is 0 Å². The molecule has 1 aromatic heterocycles. The summed E-state index contributed by atoms with van der Waals surface area (Å²) < 4.78 is 26.9. The number of aromatic nitrogens is 2. The predicted octanol–water partition coefficient (Wildman–Crippen LogP) is 4.25. The Labute approximate surface area is 224 Å². The first-order valence-corrected chi connectivity index (χ1v) is 13.6. The van der Waals surface area contributed by atoms with Crippen molar-refractivity contribution in [1.29, 1.82) is 0 Å². The van der Waals surface area contributed by atoms with Crippen LogP contribution in [0.4, 0.5) is 0 Å². The molecule has 0 spiro atoms. The Hall–Kier alpha value is -4.15. The van der Waals surface area contributed by atoms with Gasteiger partial charge in [0.1, 0.15) is 0 Å². The average molecular weight is 548 g/mol. The molecule has 0 saturated heterocycles. The molecule has 3 aromatic carbocycles. The number of sulfonamides is 1. The Morgan fingerprint density at radius 3 is 2.37 bits per heavy atom. The van der Waals surface area contributed by atoms with Crippen molar-refractivity contribution >= 4 is 50.2 Å². The van der Waals surface area contributed by atoms with E-state index in [4.69, 9.17) is 11.6 Å². The number of hydrogen-bond donors (Lipinski definition) is 1. The molecule has 0 fully saturated rings. The summed E-state index contributed by atoms with van der Waals surface area (Å²) in [5, 5.41) is 6.54. The van der Waals surface area contributed by atoms with E-state index < -0.39 is 27.9 Å². The lowest BCUT2D eigenvalue weighted by atomic mass is 9.98. The monoisotopic (exact) mass is 547 g/mol. The fraction of sp³-hybridized carbons (Fsp3) is 0.148. The fourth-order valence-electron chi connectivity index (χ4n) is 4.20. The molecule has 0 aliphatic carbocycles. The Morgan fingerprint density at radius 2 is 1.63 bits per heavy atom. The van der Waals surface area contributed by atoms with Gasteiger partial charge in [-0.15, -0.1) is 0 Å². The minimum Gasteiger partial charge on any atom is -0.274 e. The number of carbonyl (C=O) groups is 2. The number of amides is 2. The van der Waals surface area contributed by atoms with Crippen LogP contribution >= 0.6 is 11.6 Å². The molecule has 9 nitrogen and oxygen atoms in total. The molecule has 0 radical (unpaired) electrons. The molecule has 192 valence electrons. The zero-order valence-corrected chi connectivity index (χ0v) is 21.6. The second-order valence-corrected chi connectivity index (χ2v) is 10.8. The summed E-state index contributed by atoms with van der Waals surface area (Å²) in [6.45, 7) is 0. The van der Waals surface area contributed by atoms with Crippen LogP contribution in [0, 0.1) is 0 Å². The van der Waals surface area contributed by atoms with E-state index >= 15 is 0 Å². The van der Waals surface area contributed by atoms with Crippen LogP contribution in [-0.2, 0) is 19.6 Å². The van der Waals surface area contributed by atoms with Crippen LogP contribution in [0.3, 0.4) is 0 Å². The Morgan fingerprint density at radius 1 is 0.921 bits per heavy atom. The number of hydrazone groups is 1. The van der Waals surface area contributed by atoms with E-state index in [-0.39, 0.29) is 17.7 Å². The molecule has 5 rings (SSSR count). The van der Waals surface area contributed by atoms with Crippen LogP contribution in [0.15, 0.2) is 95.2 Å². The highest BCUT2D eigenvalue weighted by atomic mass is 35.5. The summed E-state index contributed by atoms with van der Waals surface area (Å²) in [4.78, 5) is 34.4. The maximum Gasteiger partial charge on any atom is 0.264 e. The molecular formula is C27H22ClN5O4S. The number of hydrogen-bond acceptors (Lipinski definition) is 7. The summed E-state index contributed by atoms with van der Waals surface area (Å²) in [5.74, 6) is -1.19. The highest BCUT2D eigenvalue weighted by molar-refractivity contribution is 7.90. The molecule has 1 aliphatic heterocycles. The number of halogens is 1. The minimum atomic E-state index is -4.02. The standard InChI is InChI=1S/C27H22ClN5O4S/c28-20-9-6-18(7-10-20)23-17-25(19-8-11-22-24(16-19)30-15-14-29-22)33(31-23)27(35)13-12-26(34)32-38(36,37)21-4-2-1-3-5-21/h1-11,14-16,25H,12-13,17H2,(H,32,34). The molecule has 2 amide bonds. The van der Waals surface area contributed by atoms with Crippen LogP contribution in [0.2, 0.25) is 5.02 Å². The second-order valence-electron chi connectivity index (χ2n) is 8.66. The smallest absolute Gasteiger partial charge is 0.264 e. The van der Waals surface area contributed by atoms with Crippen molar-refractivity contribution in [2.45, 2.75) is 30.2 Å². The number of nitrogens with zero attached hydrogens (tertiary/aromatic N) is 4. The first kappa shape index (κ1) is 25.5. The molecule has 1 aliphatic rings. The van der Waals surface area contributed by atoms with Gasteiger partial charge in [0.15, 0.2) is 0 Å². The van der Waals surface area contributed by atoms with Crippen molar-refractivity contribution in [3.05, 3.63) is 101 Å². The molecular weight excluding hydrogens is 526 g/mol. The maximum absolute atomic E-state index is 13.3. The molecule has 1 N–H and O–H groups in total. The summed E-state index contributed by atoms with van der Waals surface area (Å²) >= 11 is 6.04. The van der Waals surface area contributed by atoms with Gasteiger partial charge in [-0.2, -0.15) is 5.10 Å². The van der Waals surface area contributed by atoms with Crippen LogP contribution in [0.5, 0.6) is 0 Å². The number of benzene rings is 3. The molecule has 1 atom stereocenters. The number of fused-ring (bicyclic) bond motifs is 1. The predicted molar refractivity (Wildman–Crippen MR) is 143 cm³/mol. The van der Waals surface area contributed by atoms with E-state index in [0.29, 0.717) is 22.7 Å². The Kier molecular flexibility index (Phi) is 7.17. The highest BCUT2D eigenvalue weighted by Crippen LogP contribution is 2.34. The molecule has 0 saturated carbocycles. The molecule has 1 unspecified atom stereocenters. The summed E-state index contributed by atoms with van der Waals surface area (Å²) in [6.07, 6.45) is 3.11. The van der Waals surface area contributed by atoms with E-state index in [1.165, 1.54) is 17.1 Å². The first-order valence-electron chi connectivity index (χ1n) is 11.8. The summed E-state index contributed by atoms with van der Waals surface area (Å²) in [5.41, 5.74) is 3.73. The highest BCUT2D eigenvalue weighted by Gasteiger charge is 2.33. The van der Waals surface area contributed by atoms with Gasteiger partial charge < -0.3 is 0 Å².